The SMILES string of the molecule is Cc1ccc(N(c2ccc(C(=O)NC(C)(C)C)cc2N(c2ccc(C)cc2)[SH](=O)=O)[SH](=O)=O)cc1. The zero-order chi connectivity index (χ0) is 25.9. The number of carbonyl (C=O) groups excluding carboxylic acids is 1. The average Bonchev–Trinajstić information content (AvgIpc) is 2.76. The Balaban J connectivity index is 2.29. The Morgan fingerprint density at radius 1 is 0.686 bits per heavy atom. The molecular formula is C25H29N3O5S2. The molecule has 0 aromatic heterocycles. The fourth-order valence-corrected chi connectivity index (χ4v) is 4.77. The molecule has 1 N–H and O–H groups in total. The van der Waals surface area contributed by atoms with E-state index in [1.807, 2.05) is 34.6 Å². The van der Waals surface area contributed by atoms with Gasteiger partial charge in [0.25, 0.3) is 5.91 Å². The lowest BCUT2D eigenvalue weighted by atomic mass is 10.1. The lowest BCUT2D eigenvalue weighted by Crippen LogP contribution is -2.40. The molecule has 0 radical (unpaired) electrons. The van der Waals surface area contributed by atoms with Crippen LogP contribution in [-0.4, -0.2) is 28.3 Å². The van der Waals surface area contributed by atoms with Crippen molar-refractivity contribution in [3.63, 3.8) is 0 Å². The van der Waals surface area contributed by atoms with Gasteiger partial charge in [-0.15, -0.1) is 0 Å². The molecule has 0 aliphatic heterocycles. The second kappa shape index (κ2) is 10.5. The molecule has 1 amide bonds. The largest absolute Gasteiger partial charge is 0.347 e. The van der Waals surface area contributed by atoms with Crippen LogP contribution in [0.1, 0.15) is 42.3 Å². The van der Waals surface area contributed by atoms with Crippen molar-refractivity contribution in [1.82, 2.24) is 5.32 Å². The number of hydrogen-bond donors (Lipinski definition) is 3. The minimum absolute atomic E-state index is 0.0336. The molecule has 0 aliphatic carbocycles. The van der Waals surface area contributed by atoms with Crippen LogP contribution in [0.25, 0.3) is 0 Å². The molecule has 10 heteroatoms. The summed E-state index contributed by atoms with van der Waals surface area (Å²) in [6.07, 6.45) is 0. The first-order chi connectivity index (χ1) is 16.4. The van der Waals surface area contributed by atoms with Gasteiger partial charge >= 0.3 is 0 Å². The number of amides is 1. The molecular weight excluding hydrogens is 486 g/mol. The highest BCUT2D eigenvalue weighted by Crippen LogP contribution is 2.39. The van der Waals surface area contributed by atoms with Gasteiger partial charge in [0.05, 0.1) is 22.7 Å². The number of hydrogen-bond acceptors (Lipinski definition) is 5. The standard InChI is InChI=1S/C25H29N3O5S2/c1-17-6-11-20(12-7-17)27(34(30)31)22-15-10-19(24(29)26-25(3,4)5)16-23(22)28(35(32)33)21-13-8-18(2)9-14-21/h6-16,34-35H,1-5H3,(H,26,29). The fraction of sp³-hybridized carbons (Fsp3) is 0.240. The van der Waals surface area contributed by atoms with Crippen molar-refractivity contribution in [2.75, 3.05) is 8.61 Å². The highest BCUT2D eigenvalue weighted by Gasteiger charge is 2.25. The van der Waals surface area contributed by atoms with E-state index >= 15 is 0 Å². The van der Waals surface area contributed by atoms with Gasteiger partial charge in [-0.1, -0.05) is 35.4 Å². The minimum Gasteiger partial charge on any atom is -0.347 e. The molecule has 3 aromatic carbocycles. The van der Waals surface area contributed by atoms with Crippen molar-refractivity contribution >= 4 is 50.4 Å². The lowest BCUT2D eigenvalue weighted by Gasteiger charge is -2.27. The second-order valence-electron chi connectivity index (χ2n) is 9.18. The van der Waals surface area contributed by atoms with Crippen LogP contribution in [-0.2, 0) is 21.8 Å². The molecule has 0 atom stereocenters. The van der Waals surface area contributed by atoms with Crippen LogP contribution in [0.15, 0.2) is 66.7 Å². The van der Waals surface area contributed by atoms with E-state index in [4.69, 9.17) is 0 Å². The van der Waals surface area contributed by atoms with Crippen LogP contribution in [0.4, 0.5) is 22.7 Å². The van der Waals surface area contributed by atoms with Crippen molar-refractivity contribution in [2.24, 2.45) is 0 Å². The van der Waals surface area contributed by atoms with E-state index in [0.717, 1.165) is 19.7 Å². The van der Waals surface area contributed by atoms with Gasteiger partial charge in [0, 0.05) is 11.1 Å². The smallest absolute Gasteiger partial charge is 0.251 e. The van der Waals surface area contributed by atoms with Crippen molar-refractivity contribution in [3.05, 3.63) is 83.4 Å². The summed E-state index contributed by atoms with van der Waals surface area (Å²) in [6, 6.07) is 17.9. The maximum Gasteiger partial charge on any atom is 0.251 e. The van der Waals surface area contributed by atoms with E-state index in [9.17, 15) is 21.6 Å². The van der Waals surface area contributed by atoms with E-state index in [-0.39, 0.29) is 16.9 Å². The summed E-state index contributed by atoms with van der Waals surface area (Å²) < 4.78 is 51.9. The Kier molecular flexibility index (Phi) is 7.86. The molecule has 0 aliphatic rings. The van der Waals surface area contributed by atoms with E-state index in [1.54, 1.807) is 48.5 Å². The van der Waals surface area contributed by atoms with Crippen LogP contribution < -0.4 is 13.9 Å². The van der Waals surface area contributed by atoms with Crippen LogP contribution in [0, 0.1) is 13.8 Å². The molecule has 35 heavy (non-hydrogen) atoms. The van der Waals surface area contributed by atoms with Crippen LogP contribution >= 0.6 is 0 Å². The summed E-state index contributed by atoms with van der Waals surface area (Å²) in [6.45, 7) is 9.23. The summed E-state index contributed by atoms with van der Waals surface area (Å²) in [7, 11) is -6.44. The summed E-state index contributed by atoms with van der Waals surface area (Å²) in [5.74, 6) is -0.413. The number of aryl methyl sites for hydroxylation is 2. The number of carbonyl (C=O) groups is 1. The quantitative estimate of drug-likeness (QED) is 0.410. The Morgan fingerprint density at radius 3 is 1.51 bits per heavy atom. The molecule has 186 valence electrons. The second-order valence-corrected chi connectivity index (χ2v) is 10.9. The van der Waals surface area contributed by atoms with E-state index in [1.165, 1.54) is 18.2 Å². The van der Waals surface area contributed by atoms with Gasteiger partial charge in [-0.2, -0.15) is 0 Å². The number of benzene rings is 3. The zero-order valence-electron chi connectivity index (χ0n) is 20.2. The normalized spacial score (nSPS) is 11.5. The molecule has 8 nitrogen and oxygen atoms in total. The van der Waals surface area contributed by atoms with Crippen molar-refractivity contribution in [1.29, 1.82) is 0 Å². The predicted octanol–water partition coefficient (Wildman–Crippen LogP) is 4.16. The molecule has 0 unspecified atom stereocenters. The number of anilines is 4. The summed E-state index contributed by atoms with van der Waals surface area (Å²) in [5.41, 5.74) is 2.31. The summed E-state index contributed by atoms with van der Waals surface area (Å²) in [5, 5.41) is 2.85. The Bertz CT molecular complexity index is 1360. The van der Waals surface area contributed by atoms with Gasteiger partial charge in [-0.05, 0) is 77.1 Å². The van der Waals surface area contributed by atoms with E-state index in [0.29, 0.717) is 11.4 Å². The molecule has 0 bridgehead atoms. The van der Waals surface area contributed by atoms with Crippen LogP contribution in [0.2, 0.25) is 0 Å². The number of rotatable bonds is 7. The number of nitrogens with zero attached hydrogens (tertiary/aromatic N) is 2. The minimum atomic E-state index is -3.24. The topological polar surface area (TPSA) is 104 Å². The summed E-state index contributed by atoms with van der Waals surface area (Å²) >= 11 is 0. The molecule has 0 saturated heterocycles. The van der Waals surface area contributed by atoms with Gasteiger partial charge < -0.3 is 5.32 Å². The molecule has 0 spiro atoms. The lowest BCUT2D eigenvalue weighted by molar-refractivity contribution is 0.0919. The fourth-order valence-electron chi connectivity index (χ4n) is 3.44. The number of thiol groups is 2. The van der Waals surface area contributed by atoms with Gasteiger partial charge in [0.15, 0.2) is 0 Å². The highest BCUT2D eigenvalue weighted by molar-refractivity contribution is 7.75. The molecule has 0 heterocycles. The summed E-state index contributed by atoms with van der Waals surface area (Å²) in [4.78, 5) is 12.9. The van der Waals surface area contributed by atoms with Crippen molar-refractivity contribution < 1.29 is 21.6 Å². The Morgan fingerprint density at radius 2 is 1.11 bits per heavy atom. The zero-order valence-corrected chi connectivity index (χ0v) is 22.0. The molecule has 0 fully saturated rings. The highest BCUT2D eigenvalue weighted by atomic mass is 32.2. The molecule has 0 saturated carbocycles. The molecule has 3 rings (SSSR count). The maximum atomic E-state index is 12.9. The van der Waals surface area contributed by atoms with Crippen LogP contribution in [0.5, 0.6) is 0 Å². The van der Waals surface area contributed by atoms with Gasteiger partial charge in [-0.3, -0.25) is 4.79 Å². The van der Waals surface area contributed by atoms with Crippen molar-refractivity contribution in [3.8, 4) is 0 Å². The maximum absolute atomic E-state index is 12.9. The van der Waals surface area contributed by atoms with Crippen molar-refractivity contribution in [2.45, 2.75) is 40.2 Å². The third-order valence-corrected chi connectivity index (χ3v) is 6.61. The predicted molar refractivity (Wildman–Crippen MR) is 141 cm³/mol. The Labute approximate surface area is 209 Å². The first-order valence-electron chi connectivity index (χ1n) is 10.9. The first-order valence-corrected chi connectivity index (χ1v) is 13.1. The van der Waals surface area contributed by atoms with Crippen LogP contribution in [0.3, 0.4) is 0 Å². The third kappa shape index (κ3) is 6.40. The van der Waals surface area contributed by atoms with Gasteiger partial charge in [0.1, 0.15) is 0 Å². The van der Waals surface area contributed by atoms with E-state index in [2.05, 4.69) is 5.32 Å². The Hall–Kier alpha value is -3.37. The number of nitrogens with one attached hydrogen (secondary N) is 1. The van der Waals surface area contributed by atoms with E-state index < -0.39 is 33.2 Å². The first kappa shape index (κ1) is 26.2. The third-order valence-electron chi connectivity index (χ3n) is 5.07. The van der Waals surface area contributed by atoms with Gasteiger partial charge in [0.2, 0.25) is 21.8 Å². The monoisotopic (exact) mass is 515 g/mol. The average molecular weight is 516 g/mol. The van der Waals surface area contributed by atoms with Gasteiger partial charge in [-0.25, -0.2) is 25.4 Å². The molecule has 3 aromatic rings.